The highest BCUT2D eigenvalue weighted by atomic mass is 35.5. The van der Waals surface area contributed by atoms with Crippen molar-refractivity contribution in [1.29, 1.82) is 0 Å². The predicted octanol–water partition coefficient (Wildman–Crippen LogP) is 3.45. The second-order valence-electron chi connectivity index (χ2n) is 5.68. The molecule has 1 aromatic carbocycles. The number of hydrogen-bond donors (Lipinski definition) is 1. The van der Waals surface area contributed by atoms with Gasteiger partial charge in [0, 0.05) is 29.1 Å². The molecule has 2 atom stereocenters. The zero-order chi connectivity index (χ0) is 17.3. The number of H-pyrrole nitrogens is 1. The maximum absolute atomic E-state index is 14.4. The predicted molar refractivity (Wildman–Crippen MR) is 84.6 cm³/mol. The summed E-state index contributed by atoms with van der Waals surface area (Å²) in [6.45, 7) is 0.360. The van der Waals surface area contributed by atoms with E-state index in [1.54, 1.807) is 12.1 Å². The first-order chi connectivity index (χ1) is 11.5. The zero-order valence-corrected chi connectivity index (χ0v) is 13.7. The van der Waals surface area contributed by atoms with Crippen LogP contribution in [0.1, 0.15) is 36.1 Å². The first-order valence-electron chi connectivity index (χ1n) is 7.47. The molecule has 24 heavy (non-hydrogen) atoms. The van der Waals surface area contributed by atoms with Gasteiger partial charge in [0.1, 0.15) is 11.6 Å². The van der Waals surface area contributed by atoms with E-state index in [1.165, 1.54) is 24.1 Å². The van der Waals surface area contributed by atoms with Crippen molar-refractivity contribution in [3.8, 4) is 0 Å². The van der Waals surface area contributed by atoms with Gasteiger partial charge in [-0.1, -0.05) is 17.7 Å². The molecule has 0 radical (unpaired) electrons. The SMILES string of the molecule is COC(=O)N1CC[C@H](c2cc(=O)[nH]o2)C[C@@H]1c1ccc(Cl)cc1F. The Morgan fingerprint density at radius 2 is 2.25 bits per heavy atom. The van der Waals surface area contributed by atoms with Crippen LogP contribution in [0.4, 0.5) is 9.18 Å². The van der Waals surface area contributed by atoms with Crippen LogP contribution in [-0.4, -0.2) is 29.8 Å². The van der Waals surface area contributed by atoms with Crippen molar-refractivity contribution in [2.75, 3.05) is 13.7 Å². The number of halogens is 2. The fourth-order valence-electron chi connectivity index (χ4n) is 3.12. The monoisotopic (exact) mass is 354 g/mol. The normalized spacial score (nSPS) is 20.9. The van der Waals surface area contributed by atoms with Crippen LogP contribution in [0.3, 0.4) is 0 Å². The van der Waals surface area contributed by atoms with Gasteiger partial charge in [-0.05, 0) is 25.0 Å². The Kier molecular flexibility index (Phi) is 4.62. The summed E-state index contributed by atoms with van der Waals surface area (Å²) in [5, 5.41) is 2.54. The molecule has 1 saturated heterocycles. The molecule has 1 aliphatic rings. The van der Waals surface area contributed by atoms with E-state index in [-0.39, 0.29) is 16.5 Å². The van der Waals surface area contributed by atoms with Crippen LogP contribution < -0.4 is 5.56 Å². The number of carbonyl (C=O) groups is 1. The zero-order valence-electron chi connectivity index (χ0n) is 12.9. The lowest BCUT2D eigenvalue weighted by Crippen LogP contribution is -2.40. The molecule has 1 aromatic heterocycles. The van der Waals surface area contributed by atoms with Crippen molar-refractivity contribution in [3.63, 3.8) is 0 Å². The Morgan fingerprint density at radius 3 is 2.88 bits per heavy atom. The van der Waals surface area contributed by atoms with Gasteiger partial charge in [0.2, 0.25) is 0 Å². The van der Waals surface area contributed by atoms with Gasteiger partial charge in [-0.25, -0.2) is 9.18 Å². The number of aromatic nitrogens is 1. The molecular weight excluding hydrogens is 339 g/mol. The fourth-order valence-corrected chi connectivity index (χ4v) is 3.28. The van der Waals surface area contributed by atoms with Crippen LogP contribution in [0, 0.1) is 5.82 Å². The minimum atomic E-state index is -0.534. The lowest BCUT2D eigenvalue weighted by Gasteiger charge is -2.38. The van der Waals surface area contributed by atoms with Crippen molar-refractivity contribution >= 4 is 17.7 Å². The van der Waals surface area contributed by atoms with E-state index in [4.69, 9.17) is 20.9 Å². The summed E-state index contributed by atoms with van der Waals surface area (Å²) < 4.78 is 24.3. The highest BCUT2D eigenvalue weighted by Gasteiger charge is 2.36. The molecule has 6 nitrogen and oxygen atoms in total. The summed E-state index contributed by atoms with van der Waals surface area (Å²) in [6.07, 6.45) is 0.471. The molecular formula is C16H16ClFN2O4. The fraction of sp³-hybridized carbons (Fsp3) is 0.375. The molecule has 1 N–H and O–H groups in total. The Labute approximate surface area is 142 Å². The average molecular weight is 355 g/mol. The topological polar surface area (TPSA) is 75.5 Å². The number of aromatic amines is 1. The van der Waals surface area contributed by atoms with Crippen molar-refractivity contribution < 1.29 is 18.4 Å². The molecule has 0 bridgehead atoms. The second kappa shape index (κ2) is 6.68. The molecule has 1 amide bonds. The molecule has 2 aromatic rings. The third-order valence-corrected chi connectivity index (χ3v) is 4.51. The number of methoxy groups -OCH3 is 1. The standard InChI is InChI=1S/C16H16ClFN2O4/c1-23-16(22)20-5-4-9(14-8-15(21)19-24-14)6-13(20)11-3-2-10(17)7-12(11)18/h2-3,7-9,13H,4-6H2,1H3,(H,19,21)/t9-,13+/m0/s1. The largest absolute Gasteiger partial charge is 0.453 e. The number of benzene rings is 1. The van der Waals surface area contributed by atoms with E-state index >= 15 is 0 Å². The summed E-state index contributed by atoms with van der Waals surface area (Å²) in [5.41, 5.74) is 0.0296. The van der Waals surface area contributed by atoms with Crippen molar-refractivity contribution in [2.24, 2.45) is 0 Å². The summed E-state index contributed by atoms with van der Waals surface area (Å²) >= 11 is 5.81. The first kappa shape index (κ1) is 16.6. The molecule has 0 spiro atoms. The van der Waals surface area contributed by atoms with Crippen molar-refractivity contribution in [2.45, 2.75) is 24.8 Å². The first-order valence-corrected chi connectivity index (χ1v) is 7.85. The van der Waals surface area contributed by atoms with Crippen LogP contribution >= 0.6 is 11.6 Å². The summed E-state index contributed by atoms with van der Waals surface area (Å²) in [4.78, 5) is 24.8. The van der Waals surface area contributed by atoms with Crippen LogP contribution in [0.15, 0.2) is 33.6 Å². The maximum Gasteiger partial charge on any atom is 0.409 e. The van der Waals surface area contributed by atoms with E-state index in [2.05, 4.69) is 5.16 Å². The van der Waals surface area contributed by atoms with E-state index in [1.807, 2.05) is 0 Å². The van der Waals surface area contributed by atoms with E-state index < -0.39 is 18.0 Å². The minimum absolute atomic E-state index is 0.107. The number of carbonyl (C=O) groups excluding carboxylic acids is 1. The number of rotatable bonds is 2. The van der Waals surface area contributed by atoms with Crippen molar-refractivity contribution in [3.05, 3.63) is 56.8 Å². The molecule has 0 aliphatic carbocycles. The maximum atomic E-state index is 14.4. The van der Waals surface area contributed by atoms with E-state index in [9.17, 15) is 14.0 Å². The summed E-state index contributed by atoms with van der Waals surface area (Å²) in [5.74, 6) is -0.0913. The molecule has 3 rings (SSSR count). The molecule has 1 aliphatic heterocycles. The number of ether oxygens (including phenoxy) is 1. The molecule has 128 valence electrons. The van der Waals surface area contributed by atoms with Gasteiger partial charge in [-0.2, -0.15) is 5.16 Å². The number of amides is 1. The smallest absolute Gasteiger partial charge is 0.409 e. The van der Waals surface area contributed by atoms with Gasteiger partial charge in [0.05, 0.1) is 13.2 Å². The van der Waals surface area contributed by atoms with Crippen LogP contribution in [0.25, 0.3) is 0 Å². The minimum Gasteiger partial charge on any atom is -0.453 e. The lowest BCUT2D eigenvalue weighted by molar-refractivity contribution is 0.0804. The van der Waals surface area contributed by atoms with Gasteiger partial charge in [0.15, 0.2) is 0 Å². The molecule has 2 heterocycles. The van der Waals surface area contributed by atoms with Gasteiger partial charge >= 0.3 is 6.09 Å². The van der Waals surface area contributed by atoms with Gasteiger partial charge in [0.25, 0.3) is 5.56 Å². The van der Waals surface area contributed by atoms with Gasteiger partial charge < -0.3 is 14.2 Å². The number of likely N-dealkylation sites (tertiary alicyclic amines) is 1. The third-order valence-electron chi connectivity index (χ3n) is 4.28. The molecule has 8 heteroatoms. The van der Waals surface area contributed by atoms with E-state index in [0.29, 0.717) is 30.7 Å². The van der Waals surface area contributed by atoms with Gasteiger partial charge in [-0.15, -0.1) is 0 Å². The van der Waals surface area contributed by atoms with E-state index in [0.717, 1.165) is 0 Å². The number of nitrogens with one attached hydrogen (secondary N) is 1. The quantitative estimate of drug-likeness (QED) is 0.896. The lowest BCUT2D eigenvalue weighted by atomic mass is 9.85. The molecule has 0 unspecified atom stereocenters. The van der Waals surface area contributed by atoms with Crippen LogP contribution in [-0.2, 0) is 4.74 Å². The number of hydrogen-bond acceptors (Lipinski definition) is 4. The number of piperidine rings is 1. The third kappa shape index (κ3) is 3.17. The Bertz CT molecular complexity index is 803. The summed E-state index contributed by atoms with van der Waals surface area (Å²) in [7, 11) is 1.29. The Balaban J connectivity index is 1.95. The average Bonchev–Trinajstić information content (AvgIpc) is 3.00. The van der Waals surface area contributed by atoms with Crippen LogP contribution in [0.2, 0.25) is 5.02 Å². The van der Waals surface area contributed by atoms with Crippen molar-refractivity contribution in [1.82, 2.24) is 10.1 Å². The second-order valence-corrected chi connectivity index (χ2v) is 6.12. The van der Waals surface area contributed by atoms with Gasteiger partial charge in [-0.3, -0.25) is 4.79 Å². The highest BCUT2D eigenvalue weighted by Crippen LogP contribution is 2.40. The molecule has 0 saturated carbocycles. The number of nitrogens with zero attached hydrogens (tertiary/aromatic N) is 1. The Morgan fingerprint density at radius 1 is 1.46 bits per heavy atom. The Hall–Kier alpha value is -2.28. The molecule has 1 fully saturated rings. The highest BCUT2D eigenvalue weighted by molar-refractivity contribution is 6.30. The summed E-state index contributed by atoms with van der Waals surface area (Å²) in [6, 6.07) is 5.21. The van der Waals surface area contributed by atoms with Crippen LogP contribution in [0.5, 0.6) is 0 Å².